The number of hydrogen-bond donors (Lipinski definition) is 1. The highest BCUT2D eigenvalue weighted by atomic mass is 35.5. The molecule has 1 atom stereocenters. The molecule has 2 nitrogen and oxygen atoms in total. The van der Waals surface area contributed by atoms with Crippen molar-refractivity contribution < 1.29 is 9.50 Å². The van der Waals surface area contributed by atoms with Crippen LogP contribution in [0.2, 0.25) is 5.02 Å². The molecular weight excluding hydrogens is 265 g/mol. The summed E-state index contributed by atoms with van der Waals surface area (Å²) in [6.45, 7) is 2.06. The average molecular weight is 280 g/mol. The second-order valence-corrected chi connectivity index (χ2v) is 4.80. The van der Waals surface area contributed by atoms with Gasteiger partial charge in [-0.2, -0.15) is 0 Å². The molecule has 0 bridgehead atoms. The minimum absolute atomic E-state index is 0.234. The van der Waals surface area contributed by atoms with Gasteiger partial charge in [0, 0.05) is 23.3 Å². The van der Waals surface area contributed by atoms with Crippen molar-refractivity contribution in [1.82, 2.24) is 4.98 Å². The molecule has 1 unspecified atom stereocenters. The fraction of sp³-hybridized carbons (Fsp3) is 0.267. The number of aliphatic hydroxyl groups excluding tert-OH is 1. The maximum Gasteiger partial charge on any atom is 0.124 e. The summed E-state index contributed by atoms with van der Waals surface area (Å²) in [6.07, 6.45) is 2.30. The van der Waals surface area contributed by atoms with Crippen molar-refractivity contribution in [1.29, 1.82) is 0 Å². The fourth-order valence-corrected chi connectivity index (χ4v) is 2.16. The summed E-state index contributed by atoms with van der Waals surface area (Å²) in [6, 6.07) is 7.87. The summed E-state index contributed by atoms with van der Waals surface area (Å²) in [5.74, 6) is -0.411. The highest BCUT2D eigenvalue weighted by Crippen LogP contribution is 2.26. The predicted octanol–water partition coefficient (Wildman–Crippen LogP) is 3.71. The van der Waals surface area contributed by atoms with Gasteiger partial charge in [-0.25, -0.2) is 4.39 Å². The Balaban J connectivity index is 2.13. The fourth-order valence-electron chi connectivity index (χ4n) is 1.86. The van der Waals surface area contributed by atoms with Gasteiger partial charge in [0.1, 0.15) is 5.82 Å². The Bertz CT molecular complexity index is 557. The number of rotatable bonds is 4. The molecule has 0 aliphatic heterocycles. The molecule has 0 amide bonds. The summed E-state index contributed by atoms with van der Waals surface area (Å²) in [7, 11) is 0. The Hall–Kier alpha value is -1.45. The van der Waals surface area contributed by atoms with Crippen molar-refractivity contribution in [2.75, 3.05) is 0 Å². The molecule has 19 heavy (non-hydrogen) atoms. The molecule has 0 aliphatic carbocycles. The lowest BCUT2D eigenvalue weighted by Crippen LogP contribution is -2.04. The third kappa shape index (κ3) is 3.52. The van der Waals surface area contributed by atoms with E-state index < -0.39 is 11.9 Å². The first-order valence-electron chi connectivity index (χ1n) is 6.17. The van der Waals surface area contributed by atoms with E-state index in [0.717, 1.165) is 17.7 Å². The third-order valence-electron chi connectivity index (χ3n) is 3.02. The number of benzene rings is 1. The van der Waals surface area contributed by atoms with Crippen LogP contribution in [0.25, 0.3) is 0 Å². The van der Waals surface area contributed by atoms with Gasteiger partial charge in [-0.05, 0) is 35.7 Å². The number of halogens is 2. The van der Waals surface area contributed by atoms with Gasteiger partial charge >= 0.3 is 0 Å². The van der Waals surface area contributed by atoms with Crippen LogP contribution in [-0.4, -0.2) is 10.1 Å². The Morgan fingerprint density at radius 3 is 2.68 bits per heavy atom. The highest BCUT2D eigenvalue weighted by molar-refractivity contribution is 6.31. The van der Waals surface area contributed by atoms with E-state index in [1.807, 2.05) is 12.1 Å². The Morgan fingerprint density at radius 1 is 1.32 bits per heavy atom. The van der Waals surface area contributed by atoms with E-state index >= 15 is 0 Å². The zero-order valence-corrected chi connectivity index (χ0v) is 11.4. The minimum atomic E-state index is -0.784. The van der Waals surface area contributed by atoms with Crippen molar-refractivity contribution in [2.24, 2.45) is 0 Å². The Kier molecular flexibility index (Phi) is 4.51. The third-order valence-corrected chi connectivity index (χ3v) is 3.35. The molecule has 0 saturated carbocycles. The van der Waals surface area contributed by atoms with Gasteiger partial charge in [-0.3, -0.25) is 4.98 Å². The lowest BCUT2D eigenvalue weighted by atomic mass is 10.0. The molecule has 1 heterocycles. The molecule has 2 rings (SSSR count). The second-order valence-electron chi connectivity index (χ2n) is 4.40. The lowest BCUT2D eigenvalue weighted by Gasteiger charge is -2.12. The topological polar surface area (TPSA) is 33.1 Å². The maximum atomic E-state index is 12.9. The van der Waals surface area contributed by atoms with Gasteiger partial charge in [-0.15, -0.1) is 0 Å². The van der Waals surface area contributed by atoms with E-state index in [1.165, 1.54) is 18.2 Å². The monoisotopic (exact) mass is 279 g/mol. The van der Waals surface area contributed by atoms with Crippen LogP contribution in [0.5, 0.6) is 0 Å². The van der Waals surface area contributed by atoms with Crippen LogP contribution in [0.3, 0.4) is 0 Å². The van der Waals surface area contributed by atoms with E-state index in [1.54, 1.807) is 6.20 Å². The van der Waals surface area contributed by atoms with Crippen LogP contribution in [0.1, 0.15) is 29.8 Å². The lowest BCUT2D eigenvalue weighted by molar-refractivity contribution is 0.177. The summed E-state index contributed by atoms with van der Waals surface area (Å²) < 4.78 is 12.9. The van der Waals surface area contributed by atoms with E-state index in [9.17, 15) is 9.50 Å². The number of nitrogens with zero attached hydrogens (tertiary/aromatic N) is 1. The predicted molar refractivity (Wildman–Crippen MR) is 73.7 cm³/mol. The first-order chi connectivity index (χ1) is 9.10. The smallest absolute Gasteiger partial charge is 0.124 e. The molecule has 1 aromatic carbocycles. The van der Waals surface area contributed by atoms with Crippen molar-refractivity contribution in [3.05, 3.63) is 64.2 Å². The summed E-state index contributed by atoms with van der Waals surface area (Å²) in [5.41, 5.74) is 2.45. The first-order valence-corrected chi connectivity index (χ1v) is 6.54. The van der Waals surface area contributed by atoms with Crippen molar-refractivity contribution in [2.45, 2.75) is 25.9 Å². The molecule has 2 aromatic rings. The largest absolute Gasteiger partial charge is 0.388 e. The summed E-state index contributed by atoms with van der Waals surface area (Å²) >= 11 is 5.92. The number of aryl methyl sites for hydroxylation is 1. The summed E-state index contributed by atoms with van der Waals surface area (Å²) in [5, 5.41) is 10.4. The Labute approximate surface area is 116 Å². The van der Waals surface area contributed by atoms with Crippen LogP contribution in [0.15, 0.2) is 36.5 Å². The average Bonchev–Trinajstić information content (AvgIpc) is 2.39. The van der Waals surface area contributed by atoms with Gasteiger partial charge in [0.15, 0.2) is 0 Å². The van der Waals surface area contributed by atoms with Crippen molar-refractivity contribution in [3.63, 3.8) is 0 Å². The molecule has 1 N–H and O–H groups in total. The van der Waals surface area contributed by atoms with Gasteiger partial charge < -0.3 is 5.11 Å². The number of aliphatic hydroxyl groups is 1. The standard InChI is InChI=1S/C15H15ClFNO/c1-2-10-3-5-12(18-9-10)8-15(19)13-6-4-11(17)7-14(13)16/h3-7,9,15,19H,2,8H2,1H3. The number of aromatic nitrogens is 1. The molecule has 0 radical (unpaired) electrons. The number of hydrogen-bond acceptors (Lipinski definition) is 2. The zero-order chi connectivity index (χ0) is 13.8. The SMILES string of the molecule is CCc1ccc(CC(O)c2ccc(F)cc2Cl)nc1. The first kappa shape index (κ1) is 14.0. The van der Waals surface area contributed by atoms with Gasteiger partial charge in [0.25, 0.3) is 0 Å². The van der Waals surface area contributed by atoms with Gasteiger partial charge in [0.05, 0.1) is 6.10 Å². The summed E-state index contributed by atoms with van der Waals surface area (Å²) in [4.78, 5) is 4.29. The van der Waals surface area contributed by atoms with Crippen LogP contribution in [0, 0.1) is 5.82 Å². The van der Waals surface area contributed by atoms with Gasteiger partial charge in [-0.1, -0.05) is 30.7 Å². The van der Waals surface area contributed by atoms with Gasteiger partial charge in [0.2, 0.25) is 0 Å². The molecule has 1 aromatic heterocycles. The van der Waals surface area contributed by atoms with E-state index in [0.29, 0.717) is 12.0 Å². The van der Waals surface area contributed by atoms with E-state index in [-0.39, 0.29) is 5.02 Å². The van der Waals surface area contributed by atoms with Crippen LogP contribution >= 0.6 is 11.6 Å². The van der Waals surface area contributed by atoms with E-state index in [2.05, 4.69) is 11.9 Å². The molecule has 0 fully saturated rings. The van der Waals surface area contributed by atoms with Crippen LogP contribution in [0.4, 0.5) is 4.39 Å². The zero-order valence-electron chi connectivity index (χ0n) is 10.6. The van der Waals surface area contributed by atoms with E-state index in [4.69, 9.17) is 11.6 Å². The molecule has 100 valence electrons. The second kappa shape index (κ2) is 6.13. The van der Waals surface area contributed by atoms with Crippen molar-refractivity contribution in [3.8, 4) is 0 Å². The van der Waals surface area contributed by atoms with Crippen molar-refractivity contribution >= 4 is 11.6 Å². The Morgan fingerprint density at radius 2 is 2.11 bits per heavy atom. The molecule has 4 heteroatoms. The minimum Gasteiger partial charge on any atom is -0.388 e. The molecule has 0 saturated heterocycles. The quantitative estimate of drug-likeness (QED) is 0.925. The normalized spacial score (nSPS) is 12.4. The maximum absolute atomic E-state index is 12.9. The molecular formula is C15H15ClFNO. The molecule has 0 spiro atoms. The number of pyridine rings is 1. The highest BCUT2D eigenvalue weighted by Gasteiger charge is 2.13. The molecule has 0 aliphatic rings. The van der Waals surface area contributed by atoms with Crippen LogP contribution in [-0.2, 0) is 12.8 Å². The van der Waals surface area contributed by atoms with Crippen LogP contribution < -0.4 is 0 Å².